The summed E-state index contributed by atoms with van der Waals surface area (Å²) in [4.78, 5) is 19.5. The lowest BCUT2D eigenvalue weighted by atomic mass is 10.2. The molecule has 5 nitrogen and oxygen atoms in total. The average molecular weight is 296 g/mol. The second-order valence-corrected chi connectivity index (χ2v) is 4.99. The van der Waals surface area contributed by atoms with Crippen LogP contribution in [0.15, 0.2) is 49.2 Å². The number of benzene rings is 1. The number of amides is 1. The first-order valence-electron chi connectivity index (χ1n) is 6.92. The number of carbonyl (C=O) groups excluding carboxylic acids is 1. The quantitative estimate of drug-likeness (QED) is 0.833. The van der Waals surface area contributed by atoms with Gasteiger partial charge in [-0.1, -0.05) is 18.7 Å². The van der Waals surface area contributed by atoms with Crippen molar-refractivity contribution in [2.45, 2.75) is 0 Å². The van der Waals surface area contributed by atoms with Gasteiger partial charge in [0.25, 0.3) is 0 Å². The van der Waals surface area contributed by atoms with Gasteiger partial charge in [-0.15, -0.1) is 0 Å². The minimum Gasteiger partial charge on any atom is -0.387 e. The van der Waals surface area contributed by atoms with Crippen molar-refractivity contribution in [2.75, 3.05) is 30.9 Å². The van der Waals surface area contributed by atoms with Gasteiger partial charge in [0.15, 0.2) is 0 Å². The van der Waals surface area contributed by atoms with Gasteiger partial charge in [0, 0.05) is 21.1 Å². The van der Waals surface area contributed by atoms with E-state index in [2.05, 4.69) is 16.9 Å². The maximum atomic E-state index is 11.6. The van der Waals surface area contributed by atoms with E-state index in [1.807, 2.05) is 55.4 Å². The molecule has 0 saturated carbocycles. The first-order chi connectivity index (χ1) is 10.6. The molecule has 114 valence electrons. The van der Waals surface area contributed by atoms with E-state index >= 15 is 0 Å². The molecule has 1 N–H and O–H groups in total. The van der Waals surface area contributed by atoms with Crippen molar-refractivity contribution in [3.05, 3.63) is 54.9 Å². The number of rotatable bonds is 6. The molecule has 1 aromatic carbocycles. The maximum Gasteiger partial charge on any atom is 0.218 e. The molecule has 5 heteroatoms. The number of nitrogens with zero attached hydrogens (tertiary/aromatic N) is 3. The molecule has 0 aliphatic carbocycles. The number of aromatic nitrogens is 1. The van der Waals surface area contributed by atoms with E-state index in [1.54, 1.807) is 18.1 Å². The van der Waals surface area contributed by atoms with Crippen LogP contribution in [0.4, 0.5) is 17.1 Å². The molecular weight excluding hydrogens is 276 g/mol. The van der Waals surface area contributed by atoms with E-state index in [4.69, 9.17) is 0 Å². The monoisotopic (exact) mass is 296 g/mol. The zero-order valence-corrected chi connectivity index (χ0v) is 13.1. The van der Waals surface area contributed by atoms with Gasteiger partial charge >= 0.3 is 0 Å². The molecule has 0 radical (unpaired) electrons. The summed E-state index contributed by atoms with van der Waals surface area (Å²) >= 11 is 0. The molecule has 0 atom stereocenters. The van der Waals surface area contributed by atoms with Crippen molar-refractivity contribution >= 4 is 29.2 Å². The summed E-state index contributed by atoms with van der Waals surface area (Å²) in [6.45, 7) is 3.87. The standard InChI is InChI=1S/C17H20N4O/c1-13(18-2)15-10-9-14(11-19-15)21(12-22)17-8-6-5-7-16(17)20(3)4/h5-12,18H,1H2,2-4H3. The van der Waals surface area contributed by atoms with Crippen LogP contribution in [0.5, 0.6) is 0 Å². The Morgan fingerprint density at radius 2 is 1.86 bits per heavy atom. The van der Waals surface area contributed by atoms with Crippen LogP contribution in [-0.2, 0) is 4.79 Å². The van der Waals surface area contributed by atoms with E-state index in [0.29, 0.717) is 5.69 Å². The van der Waals surface area contributed by atoms with Gasteiger partial charge in [0.2, 0.25) is 6.41 Å². The smallest absolute Gasteiger partial charge is 0.218 e. The molecule has 1 aromatic heterocycles. The summed E-state index contributed by atoms with van der Waals surface area (Å²) in [5.41, 5.74) is 3.95. The van der Waals surface area contributed by atoms with E-state index in [0.717, 1.165) is 29.2 Å². The van der Waals surface area contributed by atoms with Gasteiger partial charge in [-0.05, 0) is 24.3 Å². The average Bonchev–Trinajstić information content (AvgIpc) is 2.56. The molecule has 22 heavy (non-hydrogen) atoms. The van der Waals surface area contributed by atoms with Gasteiger partial charge < -0.3 is 10.2 Å². The van der Waals surface area contributed by atoms with Crippen molar-refractivity contribution in [3.63, 3.8) is 0 Å². The molecule has 0 fully saturated rings. The van der Waals surface area contributed by atoms with Gasteiger partial charge in [0.05, 0.1) is 34.6 Å². The van der Waals surface area contributed by atoms with Crippen LogP contribution in [0, 0.1) is 0 Å². The Hall–Kier alpha value is -2.82. The van der Waals surface area contributed by atoms with Crippen LogP contribution >= 0.6 is 0 Å². The Bertz CT molecular complexity index is 665. The summed E-state index contributed by atoms with van der Waals surface area (Å²) < 4.78 is 0. The van der Waals surface area contributed by atoms with Crippen molar-refractivity contribution in [1.29, 1.82) is 0 Å². The van der Waals surface area contributed by atoms with Crippen LogP contribution in [0.2, 0.25) is 0 Å². The minimum absolute atomic E-state index is 0.706. The molecule has 0 saturated heterocycles. The normalized spacial score (nSPS) is 9.95. The zero-order chi connectivity index (χ0) is 16.1. The fourth-order valence-electron chi connectivity index (χ4n) is 2.14. The highest BCUT2D eigenvalue weighted by molar-refractivity contribution is 5.92. The van der Waals surface area contributed by atoms with Crippen LogP contribution < -0.4 is 15.1 Å². The Kier molecular flexibility index (Phi) is 4.78. The molecule has 0 bridgehead atoms. The van der Waals surface area contributed by atoms with Crippen LogP contribution in [0.3, 0.4) is 0 Å². The number of nitrogens with one attached hydrogen (secondary N) is 1. The van der Waals surface area contributed by atoms with Crippen molar-refractivity contribution in [3.8, 4) is 0 Å². The highest BCUT2D eigenvalue weighted by Gasteiger charge is 2.14. The molecule has 2 aromatic rings. The number of hydrogen-bond acceptors (Lipinski definition) is 4. The predicted octanol–water partition coefficient (Wildman–Crippen LogP) is 2.63. The second kappa shape index (κ2) is 6.76. The van der Waals surface area contributed by atoms with Crippen molar-refractivity contribution in [1.82, 2.24) is 10.3 Å². The zero-order valence-electron chi connectivity index (χ0n) is 13.1. The van der Waals surface area contributed by atoms with Gasteiger partial charge in [-0.25, -0.2) is 0 Å². The second-order valence-electron chi connectivity index (χ2n) is 4.99. The van der Waals surface area contributed by atoms with E-state index in [-0.39, 0.29) is 0 Å². The third-order valence-electron chi connectivity index (χ3n) is 3.37. The minimum atomic E-state index is 0.706. The number of carbonyl (C=O) groups is 1. The summed E-state index contributed by atoms with van der Waals surface area (Å²) in [7, 11) is 5.68. The summed E-state index contributed by atoms with van der Waals surface area (Å²) in [5.74, 6) is 0. The highest BCUT2D eigenvalue weighted by Crippen LogP contribution is 2.32. The van der Waals surface area contributed by atoms with Crippen molar-refractivity contribution in [2.24, 2.45) is 0 Å². The Labute approximate surface area is 130 Å². The van der Waals surface area contributed by atoms with Crippen LogP contribution in [-0.4, -0.2) is 32.5 Å². The molecule has 1 amide bonds. The summed E-state index contributed by atoms with van der Waals surface area (Å²) in [6.07, 6.45) is 2.46. The van der Waals surface area contributed by atoms with Crippen molar-refractivity contribution < 1.29 is 4.79 Å². The lowest BCUT2D eigenvalue weighted by molar-refractivity contribution is -0.106. The van der Waals surface area contributed by atoms with Gasteiger partial charge in [-0.2, -0.15) is 0 Å². The Balaban J connectivity index is 2.41. The molecular formula is C17H20N4O. The lowest BCUT2D eigenvalue weighted by Gasteiger charge is -2.24. The first kappa shape index (κ1) is 15.6. The third kappa shape index (κ3) is 3.09. The van der Waals surface area contributed by atoms with Crippen LogP contribution in [0.1, 0.15) is 5.69 Å². The van der Waals surface area contributed by atoms with Crippen LogP contribution in [0.25, 0.3) is 5.70 Å². The topological polar surface area (TPSA) is 48.5 Å². The van der Waals surface area contributed by atoms with E-state index in [1.165, 1.54) is 0 Å². The number of hydrogen-bond donors (Lipinski definition) is 1. The van der Waals surface area contributed by atoms with Gasteiger partial charge in [-0.3, -0.25) is 14.7 Å². The maximum absolute atomic E-state index is 11.6. The molecule has 0 unspecified atom stereocenters. The SMILES string of the molecule is C=C(NC)c1ccc(N(C=O)c2ccccc2N(C)C)cn1. The fourth-order valence-corrected chi connectivity index (χ4v) is 2.14. The molecule has 0 aliphatic heterocycles. The number of para-hydroxylation sites is 2. The summed E-state index contributed by atoms with van der Waals surface area (Å²) in [5, 5.41) is 2.95. The molecule has 2 rings (SSSR count). The fraction of sp³-hybridized carbons (Fsp3) is 0.176. The number of anilines is 3. The largest absolute Gasteiger partial charge is 0.387 e. The molecule has 1 heterocycles. The third-order valence-corrected chi connectivity index (χ3v) is 3.37. The number of pyridine rings is 1. The molecule has 0 spiro atoms. The Morgan fingerprint density at radius 1 is 1.18 bits per heavy atom. The van der Waals surface area contributed by atoms with E-state index in [9.17, 15) is 4.79 Å². The lowest BCUT2D eigenvalue weighted by Crippen LogP contribution is -2.19. The highest BCUT2D eigenvalue weighted by atomic mass is 16.1. The molecule has 0 aliphatic rings. The Morgan fingerprint density at radius 3 is 2.36 bits per heavy atom. The summed E-state index contributed by atoms with van der Waals surface area (Å²) in [6, 6.07) is 11.4. The van der Waals surface area contributed by atoms with E-state index < -0.39 is 0 Å². The predicted molar refractivity (Wildman–Crippen MR) is 91.3 cm³/mol. The van der Waals surface area contributed by atoms with Gasteiger partial charge in [0.1, 0.15) is 0 Å². The first-order valence-corrected chi connectivity index (χ1v) is 6.92.